The summed E-state index contributed by atoms with van der Waals surface area (Å²) in [6.45, 7) is 3.59. The van der Waals surface area contributed by atoms with Gasteiger partial charge in [0.1, 0.15) is 0 Å². The number of ether oxygens (including phenoxy) is 2. The van der Waals surface area contributed by atoms with E-state index in [9.17, 15) is 9.59 Å². The molecule has 0 amide bonds. The molecular formula is C12H20O4. The monoisotopic (exact) mass is 228 g/mol. The number of hydrogen-bond acceptors (Lipinski definition) is 4. The van der Waals surface area contributed by atoms with Crippen molar-refractivity contribution in [3.63, 3.8) is 0 Å². The van der Waals surface area contributed by atoms with Crippen LogP contribution in [0.1, 0.15) is 33.1 Å². The van der Waals surface area contributed by atoms with Crippen LogP contribution in [-0.4, -0.2) is 26.2 Å². The van der Waals surface area contributed by atoms with E-state index in [0.717, 1.165) is 12.8 Å². The van der Waals surface area contributed by atoms with Crippen LogP contribution < -0.4 is 0 Å². The van der Waals surface area contributed by atoms with Crippen molar-refractivity contribution < 1.29 is 19.1 Å². The first-order chi connectivity index (χ1) is 7.52. The molecule has 0 bridgehead atoms. The average molecular weight is 228 g/mol. The van der Waals surface area contributed by atoms with Crippen LogP contribution in [0.15, 0.2) is 12.2 Å². The van der Waals surface area contributed by atoms with Gasteiger partial charge < -0.3 is 9.47 Å². The molecule has 0 fully saturated rings. The Morgan fingerprint density at radius 3 is 2.00 bits per heavy atom. The molecule has 0 saturated heterocycles. The quantitative estimate of drug-likeness (QED) is 0.397. The van der Waals surface area contributed by atoms with Gasteiger partial charge in [-0.1, -0.05) is 25.5 Å². The summed E-state index contributed by atoms with van der Waals surface area (Å²) in [6.07, 6.45) is 6.02. The predicted molar refractivity (Wildman–Crippen MR) is 60.8 cm³/mol. The Kier molecular flexibility index (Phi) is 6.46. The van der Waals surface area contributed by atoms with Gasteiger partial charge in [0.25, 0.3) is 0 Å². The Hall–Kier alpha value is -1.32. The molecule has 92 valence electrons. The first-order valence-electron chi connectivity index (χ1n) is 5.34. The highest BCUT2D eigenvalue weighted by atomic mass is 16.5. The summed E-state index contributed by atoms with van der Waals surface area (Å²) < 4.78 is 9.24. The summed E-state index contributed by atoms with van der Waals surface area (Å²) in [7, 11) is 2.53. The maximum absolute atomic E-state index is 11.5. The standard InChI is InChI=1S/C12H20O4/c1-5-6-7-8-9-12(2,10(13)15-3)11(14)16-4/h7-8H,5-6,9H2,1-4H3/b8-7+. The van der Waals surface area contributed by atoms with Gasteiger partial charge in [-0.2, -0.15) is 0 Å². The molecule has 0 spiro atoms. The summed E-state index contributed by atoms with van der Waals surface area (Å²) in [5, 5.41) is 0. The van der Waals surface area contributed by atoms with Crippen molar-refractivity contribution in [1.82, 2.24) is 0 Å². The summed E-state index contributed by atoms with van der Waals surface area (Å²) in [4.78, 5) is 23.1. The van der Waals surface area contributed by atoms with E-state index in [0.29, 0.717) is 6.42 Å². The Labute approximate surface area is 96.6 Å². The fraction of sp³-hybridized carbons (Fsp3) is 0.667. The molecule has 0 aromatic carbocycles. The highest BCUT2D eigenvalue weighted by Gasteiger charge is 2.42. The third-order valence-electron chi connectivity index (χ3n) is 2.42. The predicted octanol–water partition coefficient (Wildman–Crippen LogP) is 2.09. The van der Waals surface area contributed by atoms with E-state index < -0.39 is 17.4 Å². The molecule has 0 heterocycles. The first-order valence-corrected chi connectivity index (χ1v) is 5.34. The number of unbranched alkanes of at least 4 members (excludes halogenated alkanes) is 1. The topological polar surface area (TPSA) is 52.6 Å². The molecular weight excluding hydrogens is 208 g/mol. The Balaban J connectivity index is 4.67. The van der Waals surface area contributed by atoms with Crippen LogP contribution >= 0.6 is 0 Å². The van der Waals surface area contributed by atoms with Crippen LogP contribution in [0.2, 0.25) is 0 Å². The number of allylic oxidation sites excluding steroid dienone is 2. The van der Waals surface area contributed by atoms with Gasteiger partial charge in [0.15, 0.2) is 5.41 Å². The molecule has 0 aromatic rings. The van der Waals surface area contributed by atoms with Crippen LogP contribution in [-0.2, 0) is 19.1 Å². The van der Waals surface area contributed by atoms with Crippen molar-refractivity contribution in [2.24, 2.45) is 5.41 Å². The molecule has 0 saturated carbocycles. The smallest absolute Gasteiger partial charge is 0.323 e. The van der Waals surface area contributed by atoms with Crippen LogP contribution in [0.5, 0.6) is 0 Å². The Bertz CT molecular complexity index is 252. The third-order valence-corrected chi connectivity index (χ3v) is 2.42. The lowest BCUT2D eigenvalue weighted by Gasteiger charge is -2.21. The van der Waals surface area contributed by atoms with E-state index in [1.165, 1.54) is 21.1 Å². The lowest BCUT2D eigenvalue weighted by atomic mass is 9.86. The van der Waals surface area contributed by atoms with Crippen LogP contribution in [0.3, 0.4) is 0 Å². The fourth-order valence-electron chi connectivity index (χ4n) is 1.30. The molecule has 0 aromatic heterocycles. The zero-order valence-corrected chi connectivity index (χ0v) is 10.4. The largest absolute Gasteiger partial charge is 0.468 e. The van der Waals surface area contributed by atoms with Crippen molar-refractivity contribution in [2.45, 2.75) is 33.1 Å². The van der Waals surface area contributed by atoms with Gasteiger partial charge >= 0.3 is 11.9 Å². The minimum absolute atomic E-state index is 0.298. The number of carbonyl (C=O) groups is 2. The number of methoxy groups -OCH3 is 2. The van der Waals surface area contributed by atoms with Crippen LogP contribution in [0.25, 0.3) is 0 Å². The molecule has 16 heavy (non-hydrogen) atoms. The molecule has 4 nitrogen and oxygen atoms in total. The van der Waals surface area contributed by atoms with Crippen LogP contribution in [0.4, 0.5) is 0 Å². The number of rotatable bonds is 6. The zero-order valence-electron chi connectivity index (χ0n) is 10.4. The highest BCUT2D eigenvalue weighted by molar-refractivity contribution is 5.99. The second kappa shape index (κ2) is 7.04. The van der Waals surface area contributed by atoms with Gasteiger partial charge in [0, 0.05) is 0 Å². The third kappa shape index (κ3) is 3.68. The fourth-order valence-corrected chi connectivity index (χ4v) is 1.30. The molecule has 0 aliphatic carbocycles. The summed E-state index contributed by atoms with van der Waals surface area (Å²) >= 11 is 0. The second-order valence-electron chi connectivity index (χ2n) is 3.78. The molecule has 0 rings (SSSR count). The number of hydrogen-bond donors (Lipinski definition) is 0. The van der Waals surface area contributed by atoms with Gasteiger partial charge in [-0.25, -0.2) is 0 Å². The zero-order chi connectivity index (χ0) is 12.6. The van der Waals surface area contributed by atoms with Gasteiger partial charge in [0.05, 0.1) is 14.2 Å². The van der Waals surface area contributed by atoms with E-state index >= 15 is 0 Å². The van der Waals surface area contributed by atoms with Gasteiger partial charge in [0.2, 0.25) is 0 Å². The minimum atomic E-state index is -1.24. The summed E-state index contributed by atoms with van der Waals surface area (Å²) in [6, 6.07) is 0. The molecule has 0 atom stereocenters. The SMILES string of the molecule is CCC/C=C/CC(C)(C(=O)OC)C(=O)OC. The summed E-state index contributed by atoms with van der Waals surface area (Å²) in [5.74, 6) is -1.14. The van der Waals surface area contributed by atoms with Crippen molar-refractivity contribution in [3.05, 3.63) is 12.2 Å². The molecule has 0 radical (unpaired) electrons. The molecule has 0 N–H and O–H groups in total. The summed E-state index contributed by atoms with van der Waals surface area (Å²) in [5.41, 5.74) is -1.24. The number of esters is 2. The van der Waals surface area contributed by atoms with Crippen LogP contribution in [0, 0.1) is 5.41 Å². The van der Waals surface area contributed by atoms with Crippen molar-refractivity contribution in [1.29, 1.82) is 0 Å². The maximum atomic E-state index is 11.5. The van der Waals surface area contributed by atoms with Crippen molar-refractivity contribution in [2.75, 3.05) is 14.2 Å². The lowest BCUT2D eigenvalue weighted by Crippen LogP contribution is -2.38. The van der Waals surface area contributed by atoms with Gasteiger partial charge in [-0.15, -0.1) is 0 Å². The second-order valence-corrected chi connectivity index (χ2v) is 3.78. The van der Waals surface area contributed by atoms with Crippen molar-refractivity contribution in [3.8, 4) is 0 Å². The van der Waals surface area contributed by atoms with E-state index in [-0.39, 0.29) is 0 Å². The maximum Gasteiger partial charge on any atom is 0.323 e. The first kappa shape index (κ1) is 14.7. The highest BCUT2D eigenvalue weighted by Crippen LogP contribution is 2.25. The molecule has 0 aliphatic rings. The lowest BCUT2D eigenvalue weighted by molar-refractivity contribution is -0.167. The van der Waals surface area contributed by atoms with Gasteiger partial charge in [-0.05, 0) is 19.8 Å². The molecule has 0 unspecified atom stereocenters. The van der Waals surface area contributed by atoms with Crippen molar-refractivity contribution >= 4 is 11.9 Å². The molecule has 4 heteroatoms. The number of carbonyl (C=O) groups excluding carboxylic acids is 2. The Morgan fingerprint density at radius 2 is 1.62 bits per heavy atom. The minimum Gasteiger partial charge on any atom is -0.468 e. The normalized spacial score (nSPS) is 11.5. The Morgan fingerprint density at radius 1 is 1.12 bits per heavy atom. The van der Waals surface area contributed by atoms with E-state index in [1.54, 1.807) is 0 Å². The van der Waals surface area contributed by atoms with E-state index in [4.69, 9.17) is 0 Å². The van der Waals surface area contributed by atoms with E-state index in [1.807, 2.05) is 12.2 Å². The van der Waals surface area contributed by atoms with E-state index in [2.05, 4.69) is 16.4 Å². The van der Waals surface area contributed by atoms with Gasteiger partial charge in [-0.3, -0.25) is 9.59 Å². The molecule has 0 aliphatic heterocycles. The average Bonchev–Trinajstić information content (AvgIpc) is 2.32.